The molecule has 0 saturated heterocycles. The standard InChI is InChI=1S/C14H18N2OS/c1-11(8-13-4-3-7-18-13)16(2)14-6-5-12(10-17)9-15-14/h3-7,9,11,17H,8,10H2,1-2H3. The van der Waals surface area contributed by atoms with Crippen LogP contribution in [0.4, 0.5) is 5.82 Å². The van der Waals surface area contributed by atoms with Crippen molar-refractivity contribution in [3.05, 3.63) is 46.3 Å². The van der Waals surface area contributed by atoms with Crippen molar-refractivity contribution in [2.45, 2.75) is 26.0 Å². The van der Waals surface area contributed by atoms with E-state index in [9.17, 15) is 0 Å². The van der Waals surface area contributed by atoms with Gasteiger partial charge in [0.25, 0.3) is 0 Å². The zero-order valence-corrected chi connectivity index (χ0v) is 11.5. The predicted octanol–water partition coefficient (Wildman–Crippen LogP) is 2.70. The first-order valence-electron chi connectivity index (χ1n) is 6.01. The van der Waals surface area contributed by atoms with Crippen LogP contribution < -0.4 is 4.90 Å². The second-order valence-corrected chi connectivity index (χ2v) is 5.46. The lowest BCUT2D eigenvalue weighted by atomic mass is 10.2. The lowest BCUT2D eigenvalue weighted by Crippen LogP contribution is -2.31. The highest BCUT2D eigenvalue weighted by molar-refractivity contribution is 7.09. The third-order valence-electron chi connectivity index (χ3n) is 3.09. The summed E-state index contributed by atoms with van der Waals surface area (Å²) in [4.78, 5) is 7.93. The molecule has 0 bridgehead atoms. The highest BCUT2D eigenvalue weighted by atomic mass is 32.1. The number of anilines is 1. The molecular formula is C14H18N2OS. The van der Waals surface area contributed by atoms with E-state index in [2.05, 4.69) is 41.4 Å². The van der Waals surface area contributed by atoms with Gasteiger partial charge in [0.15, 0.2) is 0 Å². The lowest BCUT2D eigenvalue weighted by Gasteiger charge is -2.25. The fraction of sp³-hybridized carbons (Fsp3) is 0.357. The Bertz CT molecular complexity index is 467. The molecule has 0 saturated carbocycles. The quantitative estimate of drug-likeness (QED) is 0.900. The molecular weight excluding hydrogens is 244 g/mol. The number of aliphatic hydroxyl groups is 1. The van der Waals surface area contributed by atoms with Crippen LogP contribution in [0.25, 0.3) is 0 Å². The third kappa shape index (κ3) is 3.09. The zero-order chi connectivity index (χ0) is 13.0. The Kier molecular flexibility index (Phi) is 4.33. The van der Waals surface area contributed by atoms with Gasteiger partial charge in [-0.1, -0.05) is 12.1 Å². The van der Waals surface area contributed by atoms with Crippen molar-refractivity contribution in [1.82, 2.24) is 4.98 Å². The molecule has 0 aliphatic carbocycles. The molecule has 2 heterocycles. The topological polar surface area (TPSA) is 36.4 Å². The normalized spacial score (nSPS) is 12.4. The second-order valence-electron chi connectivity index (χ2n) is 4.43. The molecule has 0 amide bonds. The molecule has 2 rings (SSSR count). The van der Waals surface area contributed by atoms with Crippen molar-refractivity contribution >= 4 is 17.2 Å². The largest absolute Gasteiger partial charge is 0.392 e. The molecule has 3 nitrogen and oxygen atoms in total. The van der Waals surface area contributed by atoms with Crippen molar-refractivity contribution in [2.24, 2.45) is 0 Å². The molecule has 1 atom stereocenters. The molecule has 96 valence electrons. The second kappa shape index (κ2) is 5.98. The summed E-state index contributed by atoms with van der Waals surface area (Å²) in [6.45, 7) is 2.24. The van der Waals surface area contributed by atoms with E-state index in [1.807, 2.05) is 12.1 Å². The number of aromatic nitrogens is 1. The number of aliphatic hydroxyl groups excluding tert-OH is 1. The molecule has 1 N–H and O–H groups in total. The van der Waals surface area contributed by atoms with E-state index in [1.165, 1.54) is 4.88 Å². The van der Waals surface area contributed by atoms with Crippen LogP contribution in [-0.2, 0) is 13.0 Å². The van der Waals surface area contributed by atoms with Gasteiger partial charge in [0.1, 0.15) is 5.82 Å². The summed E-state index contributed by atoms with van der Waals surface area (Å²) >= 11 is 1.79. The smallest absolute Gasteiger partial charge is 0.128 e. The summed E-state index contributed by atoms with van der Waals surface area (Å²) in [5.41, 5.74) is 0.845. The van der Waals surface area contributed by atoms with Gasteiger partial charge in [-0.15, -0.1) is 11.3 Å². The molecule has 0 radical (unpaired) electrons. The molecule has 0 aliphatic rings. The number of pyridine rings is 1. The van der Waals surface area contributed by atoms with E-state index in [-0.39, 0.29) is 6.61 Å². The zero-order valence-electron chi connectivity index (χ0n) is 10.7. The minimum atomic E-state index is 0.0434. The molecule has 1 unspecified atom stereocenters. The number of rotatable bonds is 5. The van der Waals surface area contributed by atoms with Crippen molar-refractivity contribution in [3.8, 4) is 0 Å². The van der Waals surface area contributed by atoms with Crippen LogP contribution in [0.15, 0.2) is 35.8 Å². The monoisotopic (exact) mass is 262 g/mol. The van der Waals surface area contributed by atoms with E-state index in [0.717, 1.165) is 17.8 Å². The number of hydrogen-bond acceptors (Lipinski definition) is 4. The Morgan fingerprint density at radius 1 is 1.39 bits per heavy atom. The van der Waals surface area contributed by atoms with Gasteiger partial charge in [0, 0.05) is 30.6 Å². The van der Waals surface area contributed by atoms with Gasteiger partial charge in [-0.05, 0) is 30.0 Å². The third-order valence-corrected chi connectivity index (χ3v) is 3.99. The number of hydrogen-bond donors (Lipinski definition) is 1. The minimum absolute atomic E-state index is 0.0434. The Balaban J connectivity index is 2.02. The fourth-order valence-corrected chi connectivity index (χ4v) is 2.63. The maximum absolute atomic E-state index is 9.00. The van der Waals surface area contributed by atoms with Crippen LogP contribution in [-0.4, -0.2) is 23.2 Å². The van der Waals surface area contributed by atoms with Crippen LogP contribution in [0, 0.1) is 0 Å². The first-order chi connectivity index (χ1) is 8.70. The van der Waals surface area contributed by atoms with E-state index in [1.54, 1.807) is 17.5 Å². The van der Waals surface area contributed by atoms with E-state index >= 15 is 0 Å². The van der Waals surface area contributed by atoms with Gasteiger partial charge in [0.05, 0.1) is 6.61 Å². The first-order valence-corrected chi connectivity index (χ1v) is 6.89. The Hall–Kier alpha value is -1.39. The number of likely N-dealkylation sites (N-methyl/N-ethyl adjacent to an activating group) is 1. The van der Waals surface area contributed by atoms with Gasteiger partial charge < -0.3 is 10.0 Å². The number of nitrogens with zero attached hydrogens (tertiary/aromatic N) is 2. The average Bonchev–Trinajstić information content (AvgIpc) is 2.91. The van der Waals surface area contributed by atoms with Crippen LogP contribution in [0.5, 0.6) is 0 Å². The molecule has 2 aromatic rings. The molecule has 0 aliphatic heterocycles. The molecule has 4 heteroatoms. The van der Waals surface area contributed by atoms with Gasteiger partial charge in [-0.3, -0.25) is 0 Å². The summed E-state index contributed by atoms with van der Waals surface area (Å²) in [5.74, 6) is 0.941. The predicted molar refractivity (Wildman–Crippen MR) is 76.0 cm³/mol. The molecule has 0 spiro atoms. The fourth-order valence-electron chi connectivity index (χ4n) is 1.80. The van der Waals surface area contributed by atoms with Crippen molar-refractivity contribution in [1.29, 1.82) is 0 Å². The Labute approximate surface area is 112 Å². The van der Waals surface area contributed by atoms with E-state index in [4.69, 9.17) is 5.11 Å². The van der Waals surface area contributed by atoms with Crippen molar-refractivity contribution < 1.29 is 5.11 Å². The summed E-state index contributed by atoms with van der Waals surface area (Å²) in [6.07, 6.45) is 2.75. The average molecular weight is 262 g/mol. The van der Waals surface area contributed by atoms with Crippen LogP contribution in [0.1, 0.15) is 17.4 Å². The lowest BCUT2D eigenvalue weighted by molar-refractivity contribution is 0.281. The van der Waals surface area contributed by atoms with Gasteiger partial charge in [-0.25, -0.2) is 4.98 Å². The summed E-state index contributed by atoms with van der Waals surface area (Å²) in [6, 6.07) is 8.52. The highest BCUT2D eigenvalue weighted by Gasteiger charge is 2.12. The van der Waals surface area contributed by atoms with Crippen molar-refractivity contribution in [3.63, 3.8) is 0 Å². The summed E-state index contributed by atoms with van der Waals surface area (Å²) in [5, 5.41) is 11.1. The Morgan fingerprint density at radius 3 is 2.78 bits per heavy atom. The molecule has 0 aromatic carbocycles. The van der Waals surface area contributed by atoms with Crippen LogP contribution >= 0.6 is 11.3 Å². The van der Waals surface area contributed by atoms with Gasteiger partial charge in [0.2, 0.25) is 0 Å². The van der Waals surface area contributed by atoms with E-state index < -0.39 is 0 Å². The number of thiophene rings is 1. The van der Waals surface area contributed by atoms with Gasteiger partial charge >= 0.3 is 0 Å². The summed E-state index contributed by atoms with van der Waals surface area (Å²) in [7, 11) is 2.05. The summed E-state index contributed by atoms with van der Waals surface area (Å²) < 4.78 is 0. The molecule has 18 heavy (non-hydrogen) atoms. The van der Waals surface area contributed by atoms with E-state index in [0.29, 0.717) is 6.04 Å². The maximum Gasteiger partial charge on any atom is 0.128 e. The van der Waals surface area contributed by atoms with Crippen LogP contribution in [0.2, 0.25) is 0 Å². The first kappa shape index (κ1) is 13.1. The minimum Gasteiger partial charge on any atom is -0.392 e. The van der Waals surface area contributed by atoms with Crippen LogP contribution in [0.3, 0.4) is 0 Å². The molecule has 2 aromatic heterocycles. The molecule has 0 fully saturated rings. The SMILES string of the molecule is CC(Cc1cccs1)N(C)c1ccc(CO)cn1. The van der Waals surface area contributed by atoms with Gasteiger partial charge in [-0.2, -0.15) is 0 Å². The Morgan fingerprint density at radius 2 is 2.22 bits per heavy atom. The maximum atomic E-state index is 9.00. The highest BCUT2D eigenvalue weighted by Crippen LogP contribution is 2.17. The van der Waals surface area contributed by atoms with Crippen molar-refractivity contribution in [2.75, 3.05) is 11.9 Å².